The molecule has 1 atom stereocenters. The van der Waals surface area contributed by atoms with Gasteiger partial charge in [0.15, 0.2) is 0 Å². The summed E-state index contributed by atoms with van der Waals surface area (Å²) in [6.45, 7) is 1.76. The zero-order valence-electron chi connectivity index (χ0n) is 13.8. The van der Waals surface area contributed by atoms with Gasteiger partial charge < -0.3 is 15.3 Å². The summed E-state index contributed by atoms with van der Waals surface area (Å²) in [6, 6.07) is 7.78. The molecule has 1 aromatic rings. The molecule has 2 aliphatic rings. The first-order valence-electron chi connectivity index (χ1n) is 9.04. The number of likely N-dealkylation sites (tertiary alicyclic amines) is 1. The number of rotatable bonds is 5. The molecule has 4 heteroatoms. The van der Waals surface area contributed by atoms with Crippen molar-refractivity contribution in [1.29, 1.82) is 0 Å². The van der Waals surface area contributed by atoms with Crippen LogP contribution in [0.1, 0.15) is 55.3 Å². The number of aliphatic hydroxyl groups excluding tert-OH is 1. The van der Waals surface area contributed by atoms with E-state index in [-0.39, 0.29) is 18.6 Å². The summed E-state index contributed by atoms with van der Waals surface area (Å²) in [4.78, 5) is 14.7. The number of carbonyl (C=O) groups excluding carboxylic acids is 1. The highest BCUT2D eigenvalue weighted by Crippen LogP contribution is 2.26. The van der Waals surface area contributed by atoms with E-state index in [2.05, 4.69) is 5.32 Å². The second kappa shape index (κ2) is 7.82. The van der Waals surface area contributed by atoms with Gasteiger partial charge in [-0.3, -0.25) is 4.79 Å². The molecule has 1 unspecified atom stereocenters. The Bertz CT molecular complexity index is 526. The van der Waals surface area contributed by atoms with Crippen LogP contribution in [0.2, 0.25) is 0 Å². The van der Waals surface area contributed by atoms with Crippen molar-refractivity contribution in [3.8, 4) is 0 Å². The van der Waals surface area contributed by atoms with Gasteiger partial charge in [-0.2, -0.15) is 0 Å². The fourth-order valence-electron chi connectivity index (χ4n) is 3.92. The Balaban J connectivity index is 1.68. The molecular weight excluding hydrogens is 288 g/mol. The van der Waals surface area contributed by atoms with E-state index in [0.717, 1.165) is 43.1 Å². The highest BCUT2D eigenvalue weighted by Gasteiger charge is 2.29. The Labute approximate surface area is 138 Å². The lowest BCUT2D eigenvalue weighted by atomic mass is 9.89. The van der Waals surface area contributed by atoms with E-state index in [1.165, 1.54) is 32.1 Å². The van der Waals surface area contributed by atoms with E-state index < -0.39 is 0 Å². The smallest absolute Gasteiger partial charge is 0.256 e. The van der Waals surface area contributed by atoms with Crippen LogP contribution >= 0.6 is 0 Å². The lowest BCUT2D eigenvalue weighted by Crippen LogP contribution is -2.38. The van der Waals surface area contributed by atoms with Crippen molar-refractivity contribution >= 4 is 11.6 Å². The van der Waals surface area contributed by atoms with Gasteiger partial charge in [-0.05, 0) is 43.7 Å². The van der Waals surface area contributed by atoms with Crippen molar-refractivity contribution in [3.63, 3.8) is 0 Å². The van der Waals surface area contributed by atoms with E-state index in [9.17, 15) is 9.90 Å². The van der Waals surface area contributed by atoms with Crippen molar-refractivity contribution in [2.75, 3.05) is 25.0 Å². The number of hydrogen-bond acceptors (Lipinski definition) is 3. The maximum Gasteiger partial charge on any atom is 0.256 e. The van der Waals surface area contributed by atoms with Gasteiger partial charge in [0.2, 0.25) is 0 Å². The summed E-state index contributed by atoms with van der Waals surface area (Å²) in [5.74, 6) is 0.775. The molecule has 4 nitrogen and oxygen atoms in total. The van der Waals surface area contributed by atoms with Gasteiger partial charge in [0, 0.05) is 18.8 Å². The Morgan fingerprint density at radius 3 is 2.70 bits per heavy atom. The number of anilines is 1. The summed E-state index contributed by atoms with van der Waals surface area (Å²) in [6.07, 6.45) is 8.50. The molecule has 1 aromatic carbocycles. The average molecular weight is 316 g/mol. The van der Waals surface area contributed by atoms with Crippen LogP contribution in [0.25, 0.3) is 0 Å². The van der Waals surface area contributed by atoms with Crippen LogP contribution in [0.5, 0.6) is 0 Å². The van der Waals surface area contributed by atoms with Crippen molar-refractivity contribution in [2.45, 2.75) is 51.0 Å². The molecule has 2 N–H and O–H groups in total. The summed E-state index contributed by atoms with van der Waals surface area (Å²) < 4.78 is 0. The third-order valence-electron chi connectivity index (χ3n) is 5.31. The lowest BCUT2D eigenvalue weighted by Gasteiger charge is -2.26. The summed E-state index contributed by atoms with van der Waals surface area (Å²) >= 11 is 0. The van der Waals surface area contributed by atoms with Crippen LogP contribution in [-0.4, -0.2) is 41.7 Å². The molecule has 2 fully saturated rings. The Morgan fingerprint density at radius 2 is 1.91 bits per heavy atom. The minimum atomic E-state index is -0.0195. The highest BCUT2D eigenvalue weighted by molar-refractivity contribution is 5.99. The second-order valence-corrected chi connectivity index (χ2v) is 6.91. The molecule has 1 saturated heterocycles. The molecule has 126 valence electrons. The number of nitrogens with zero attached hydrogens (tertiary/aromatic N) is 1. The van der Waals surface area contributed by atoms with Crippen LogP contribution in [0.15, 0.2) is 24.3 Å². The van der Waals surface area contributed by atoms with E-state index >= 15 is 0 Å². The van der Waals surface area contributed by atoms with Crippen molar-refractivity contribution < 1.29 is 9.90 Å². The highest BCUT2D eigenvalue weighted by atomic mass is 16.3. The Kier molecular flexibility index (Phi) is 5.55. The first kappa shape index (κ1) is 16.3. The minimum Gasteiger partial charge on any atom is -0.394 e. The van der Waals surface area contributed by atoms with Crippen LogP contribution in [0, 0.1) is 5.92 Å². The number of nitrogens with one attached hydrogen (secondary N) is 1. The standard InChI is InChI=1S/C19H28N2O2/c22-14-16-9-6-12-21(16)19(23)17-10-4-5-11-18(17)20-13-15-7-2-1-3-8-15/h4-5,10-11,15-16,20,22H,1-3,6-9,12-14H2. The van der Waals surface area contributed by atoms with Gasteiger partial charge in [-0.25, -0.2) is 0 Å². The van der Waals surface area contributed by atoms with Crippen molar-refractivity contribution in [2.24, 2.45) is 5.92 Å². The molecule has 0 spiro atoms. The second-order valence-electron chi connectivity index (χ2n) is 6.91. The number of para-hydroxylation sites is 1. The maximum atomic E-state index is 12.9. The first-order valence-corrected chi connectivity index (χ1v) is 9.04. The van der Waals surface area contributed by atoms with Crippen LogP contribution in [-0.2, 0) is 0 Å². The number of amides is 1. The number of aliphatic hydroxyl groups is 1. The van der Waals surface area contributed by atoms with Crippen molar-refractivity contribution in [3.05, 3.63) is 29.8 Å². The predicted molar refractivity (Wildman–Crippen MR) is 92.7 cm³/mol. The maximum absolute atomic E-state index is 12.9. The third kappa shape index (κ3) is 3.86. The quantitative estimate of drug-likeness (QED) is 0.876. The number of benzene rings is 1. The zero-order valence-corrected chi connectivity index (χ0v) is 13.8. The number of hydrogen-bond donors (Lipinski definition) is 2. The Hall–Kier alpha value is -1.55. The van der Waals surface area contributed by atoms with Gasteiger partial charge in [-0.1, -0.05) is 31.4 Å². The van der Waals surface area contributed by atoms with Crippen molar-refractivity contribution in [1.82, 2.24) is 4.90 Å². The molecule has 1 amide bonds. The Morgan fingerprint density at radius 1 is 1.13 bits per heavy atom. The van der Waals surface area contributed by atoms with Gasteiger partial charge in [0.1, 0.15) is 0 Å². The van der Waals surface area contributed by atoms with Gasteiger partial charge in [0.25, 0.3) is 5.91 Å². The first-order chi connectivity index (χ1) is 11.3. The average Bonchev–Trinajstić information content (AvgIpc) is 3.09. The van der Waals surface area contributed by atoms with Crippen LogP contribution < -0.4 is 5.32 Å². The topological polar surface area (TPSA) is 52.6 Å². The zero-order chi connectivity index (χ0) is 16.1. The molecule has 1 aliphatic carbocycles. The summed E-state index contributed by atoms with van der Waals surface area (Å²) in [5.41, 5.74) is 1.68. The molecule has 1 heterocycles. The van der Waals surface area contributed by atoms with Crippen LogP contribution in [0.3, 0.4) is 0 Å². The normalized spacial score (nSPS) is 22.3. The van der Waals surface area contributed by atoms with E-state index in [1.807, 2.05) is 29.2 Å². The predicted octanol–water partition coefficient (Wildman–Crippen LogP) is 3.28. The number of carbonyl (C=O) groups is 1. The SMILES string of the molecule is O=C(c1ccccc1NCC1CCCCC1)N1CCCC1CO. The summed E-state index contributed by atoms with van der Waals surface area (Å²) in [5, 5.41) is 13.0. The van der Waals surface area contributed by atoms with Gasteiger partial charge in [-0.15, -0.1) is 0 Å². The third-order valence-corrected chi connectivity index (χ3v) is 5.31. The minimum absolute atomic E-state index is 0.0195. The molecule has 1 aliphatic heterocycles. The molecule has 0 aromatic heterocycles. The molecule has 1 saturated carbocycles. The van der Waals surface area contributed by atoms with Gasteiger partial charge >= 0.3 is 0 Å². The molecule has 3 rings (SSSR count). The lowest BCUT2D eigenvalue weighted by molar-refractivity contribution is 0.0678. The fraction of sp³-hybridized carbons (Fsp3) is 0.632. The molecular formula is C19H28N2O2. The monoisotopic (exact) mass is 316 g/mol. The van der Waals surface area contributed by atoms with E-state index in [1.54, 1.807) is 0 Å². The van der Waals surface area contributed by atoms with Gasteiger partial charge in [0.05, 0.1) is 18.2 Å². The summed E-state index contributed by atoms with van der Waals surface area (Å²) in [7, 11) is 0. The largest absolute Gasteiger partial charge is 0.394 e. The fourth-order valence-corrected chi connectivity index (χ4v) is 3.92. The molecule has 0 radical (unpaired) electrons. The van der Waals surface area contributed by atoms with E-state index in [0.29, 0.717) is 0 Å². The molecule has 23 heavy (non-hydrogen) atoms. The molecule has 0 bridgehead atoms. The van der Waals surface area contributed by atoms with Crippen LogP contribution in [0.4, 0.5) is 5.69 Å². The van der Waals surface area contributed by atoms with E-state index in [4.69, 9.17) is 0 Å².